The highest BCUT2D eigenvalue weighted by Gasteiger charge is 2.44. The highest BCUT2D eigenvalue weighted by molar-refractivity contribution is 5.96. The third kappa shape index (κ3) is 2.65. The van der Waals surface area contributed by atoms with Gasteiger partial charge in [0, 0.05) is 18.1 Å². The monoisotopic (exact) mass is 342 g/mol. The van der Waals surface area contributed by atoms with E-state index in [2.05, 4.69) is 0 Å². The zero-order chi connectivity index (χ0) is 17.6. The summed E-state index contributed by atoms with van der Waals surface area (Å²) in [6, 6.07) is 1.00. The molecule has 1 aromatic carbocycles. The Balaban J connectivity index is 1.92. The van der Waals surface area contributed by atoms with Crippen LogP contribution in [-0.2, 0) is 15.9 Å². The largest absolute Gasteiger partial charge is 0.507 e. The fourth-order valence-electron chi connectivity index (χ4n) is 2.86. The number of esters is 1. The first-order chi connectivity index (χ1) is 11.3. The number of aliphatic hydroxyl groups excluding tert-OH is 3. The Kier molecular flexibility index (Phi) is 4.26. The van der Waals surface area contributed by atoms with E-state index < -0.39 is 49.0 Å². The minimum Gasteiger partial charge on any atom is -0.507 e. The van der Waals surface area contributed by atoms with Gasteiger partial charge >= 0.3 is 5.97 Å². The molecule has 5 atom stereocenters. The summed E-state index contributed by atoms with van der Waals surface area (Å²) >= 11 is 0. The third-order valence-electron chi connectivity index (χ3n) is 4.09. The van der Waals surface area contributed by atoms with Crippen molar-refractivity contribution in [1.82, 2.24) is 0 Å². The highest BCUT2D eigenvalue weighted by atomic mass is 16.7. The Bertz CT molecular complexity index is 659. The molecule has 9 nitrogen and oxygen atoms in total. The number of cyclic esters (lactones) is 1. The second kappa shape index (κ2) is 6.10. The van der Waals surface area contributed by atoms with E-state index in [1.54, 1.807) is 6.92 Å². The molecule has 0 radical (unpaired) electrons. The van der Waals surface area contributed by atoms with Gasteiger partial charge in [0.05, 0.1) is 6.61 Å². The number of benzene rings is 1. The Morgan fingerprint density at radius 3 is 2.62 bits per heavy atom. The molecular weight excluding hydrogens is 324 g/mol. The Labute approximate surface area is 136 Å². The van der Waals surface area contributed by atoms with E-state index in [-0.39, 0.29) is 29.0 Å². The van der Waals surface area contributed by atoms with Gasteiger partial charge in [-0.25, -0.2) is 4.79 Å². The van der Waals surface area contributed by atoms with Gasteiger partial charge in [-0.05, 0) is 6.92 Å². The maximum Gasteiger partial charge on any atom is 0.342 e. The van der Waals surface area contributed by atoms with Crippen LogP contribution in [0.1, 0.15) is 22.8 Å². The minimum absolute atomic E-state index is 0.140. The number of hydrogen-bond acceptors (Lipinski definition) is 9. The van der Waals surface area contributed by atoms with Crippen LogP contribution < -0.4 is 4.74 Å². The first kappa shape index (κ1) is 16.8. The van der Waals surface area contributed by atoms with Crippen LogP contribution in [0.25, 0.3) is 0 Å². The zero-order valence-corrected chi connectivity index (χ0v) is 12.7. The van der Waals surface area contributed by atoms with Crippen molar-refractivity contribution >= 4 is 5.97 Å². The summed E-state index contributed by atoms with van der Waals surface area (Å²) in [6.45, 7) is 1.11. The van der Waals surface area contributed by atoms with Crippen molar-refractivity contribution in [2.24, 2.45) is 0 Å². The van der Waals surface area contributed by atoms with Crippen LogP contribution in [0, 0.1) is 0 Å². The molecule has 132 valence electrons. The summed E-state index contributed by atoms with van der Waals surface area (Å²) in [4.78, 5) is 11.8. The van der Waals surface area contributed by atoms with Crippen LogP contribution in [0.4, 0.5) is 0 Å². The fraction of sp³-hybridized carbons (Fsp3) is 0.533. The van der Waals surface area contributed by atoms with E-state index in [9.17, 15) is 25.2 Å². The maximum absolute atomic E-state index is 11.8. The lowest BCUT2D eigenvalue weighted by atomic mass is 9.96. The van der Waals surface area contributed by atoms with Crippen LogP contribution in [-0.4, -0.2) is 68.8 Å². The van der Waals surface area contributed by atoms with Gasteiger partial charge < -0.3 is 39.7 Å². The average molecular weight is 342 g/mol. The van der Waals surface area contributed by atoms with Crippen LogP contribution in [0.5, 0.6) is 17.2 Å². The molecule has 0 aromatic heterocycles. The van der Waals surface area contributed by atoms with E-state index in [4.69, 9.17) is 19.3 Å². The fourth-order valence-corrected chi connectivity index (χ4v) is 2.86. The molecule has 3 rings (SSSR count). The van der Waals surface area contributed by atoms with Crippen molar-refractivity contribution in [3.63, 3.8) is 0 Å². The van der Waals surface area contributed by atoms with Crippen molar-refractivity contribution in [2.45, 2.75) is 44.1 Å². The smallest absolute Gasteiger partial charge is 0.342 e. The molecule has 5 unspecified atom stereocenters. The van der Waals surface area contributed by atoms with Gasteiger partial charge in [0.1, 0.15) is 35.7 Å². The van der Waals surface area contributed by atoms with E-state index in [0.717, 1.165) is 6.07 Å². The number of carbonyl (C=O) groups is 1. The van der Waals surface area contributed by atoms with Crippen molar-refractivity contribution in [3.8, 4) is 17.2 Å². The molecule has 9 heteroatoms. The van der Waals surface area contributed by atoms with E-state index in [1.807, 2.05) is 0 Å². The normalized spacial score (nSPS) is 32.3. The summed E-state index contributed by atoms with van der Waals surface area (Å²) < 4.78 is 15.5. The van der Waals surface area contributed by atoms with E-state index >= 15 is 0 Å². The number of ether oxygens (including phenoxy) is 3. The summed E-state index contributed by atoms with van der Waals surface area (Å²) in [5, 5.41) is 49.0. The van der Waals surface area contributed by atoms with E-state index in [0.29, 0.717) is 0 Å². The number of fused-ring (bicyclic) bond motifs is 1. The van der Waals surface area contributed by atoms with Crippen molar-refractivity contribution in [3.05, 3.63) is 17.2 Å². The number of aliphatic hydroxyl groups is 3. The molecule has 2 aliphatic rings. The van der Waals surface area contributed by atoms with Gasteiger partial charge in [-0.15, -0.1) is 0 Å². The van der Waals surface area contributed by atoms with Crippen molar-refractivity contribution in [1.29, 1.82) is 0 Å². The molecule has 0 bridgehead atoms. The molecule has 1 saturated heterocycles. The van der Waals surface area contributed by atoms with Crippen LogP contribution >= 0.6 is 0 Å². The van der Waals surface area contributed by atoms with Gasteiger partial charge in [0.15, 0.2) is 11.5 Å². The average Bonchev–Trinajstić information content (AvgIpc) is 2.79. The molecule has 2 aliphatic heterocycles. The SMILES string of the molecule is CC1Cc2c(O)c(OC3OC(CO)C(O)C3O)cc(O)c2C(=O)O1. The molecule has 1 fully saturated rings. The molecule has 2 heterocycles. The zero-order valence-electron chi connectivity index (χ0n) is 12.7. The maximum atomic E-state index is 11.8. The van der Waals surface area contributed by atoms with Gasteiger partial charge in [-0.1, -0.05) is 0 Å². The van der Waals surface area contributed by atoms with Gasteiger partial charge in [0.2, 0.25) is 6.29 Å². The van der Waals surface area contributed by atoms with Gasteiger partial charge in [0.25, 0.3) is 0 Å². The number of phenols is 2. The third-order valence-corrected chi connectivity index (χ3v) is 4.09. The Morgan fingerprint density at radius 2 is 2.00 bits per heavy atom. The summed E-state index contributed by atoms with van der Waals surface area (Å²) in [7, 11) is 0. The number of carbonyl (C=O) groups excluding carboxylic acids is 1. The van der Waals surface area contributed by atoms with Crippen LogP contribution in [0.2, 0.25) is 0 Å². The van der Waals surface area contributed by atoms with Crippen LogP contribution in [0.15, 0.2) is 6.07 Å². The predicted molar refractivity (Wildman–Crippen MR) is 76.7 cm³/mol. The molecule has 24 heavy (non-hydrogen) atoms. The summed E-state index contributed by atoms with van der Waals surface area (Å²) in [6.07, 6.45) is -5.51. The van der Waals surface area contributed by atoms with Crippen LogP contribution in [0.3, 0.4) is 0 Å². The Hall–Kier alpha value is -2.07. The number of aromatic hydroxyl groups is 2. The number of rotatable bonds is 3. The topological polar surface area (TPSA) is 146 Å². The summed E-state index contributed by atoms with van der Waals surface area (Å²) in [5.41, 5.74) is 0.0274. The second-order valence-electron chi connectivity index (χ2n) is 5.84. The quantitative estimate of drug-likeness (QED) is 0.345. The van der Waals surface area contributed by atoms with E-state index in [1.165, 1.54) is 0 Å². The molecule has 0 aliphatic carbocycles. The molecule has 0 saturated carbocycles. The Morgan fingerprint density at radius 1 is 1.29 bits per heavy atom. The predicted octanol–water partition coefficient (Wildman–Crippen LogP) is -0.983. The summed E-state index contributed by atoms with van der Waals surface area (Å²) in [5.74, 6) is -1.80. The molecule has 0 spiro atoms. The first-order valence-electron chi connectivity index (χ1n) is 7.41. The standard InChI is InChI=1S/C15H18O9/c1-5-2-6-10(14(21)22-5)7(17)3-8(11(6)18)23-15-13(20)12(19)9(4-16)24-15/h3,5,9,12-13,15-20H,2,4H2,1H3. The molecule has 5 N–H and O–H groups in total. The van der Waals surface area contributed by atoms with Crippen molar-refractivity contribution in [2.75, 3.05) is 6.61 Å². The lowest BCUT2D eigenvalue weighted by molar-refractivity contribution is -0.117. The number of phenolic OH excluding ortho intramolecular Hbond substituents is 2. The molecular formula is C15H18O9. The first-order valence-corrected chi connectivity index (χ1v) is 7.41. The number of hydrogen-bond donors (Lipinski definition) is 5. The van der Waals surface area contributed by atoms with Gasteiger partial charge in [-0.2, -0.15) is 0 Å². The molecule has 1 aromatic rings. The lowest BCUT2D eigenvalue weighted by Gasteiger charge is -2.25. The highest BCUT2D eigenvalue weighted by Crippen LogP contribution is 2.42. The van der Waals surface area contributed by atoms with Crippen molar-refractivity contribution < 1.29 is 44.5 Å². The minimum atomic E-state index is -1.45. The molecule has 0 amide bonds. The van der Waals surface area contributed by atoms with Gasteiger partial charge in [-0.3, -0.25) is 0 Å². The second-order valence-corrected chi connectivity index (χ2v) is 5.84. The lowest BCUT2D eigenvalue weighted by Crippen LogP contribution is -2.35.